The van der Waals surface area contributed by atoms with Gasteiger partial charge in [0.2, 0.25) is 0 Å². The maximum absolute atomic E-state index is 12.2. The fourth-order valence-electron chi connectivity index (χ4n) is 2.00. The van der Waals surface area contributed by atoms with Crippen molar-refractivity contribution in [3.63, 3.8) is 0 Å². The van der Waals surface area contributed by atoms with Gasteiger partial charge in [-0.25, -0.2) is 4.52 Å². The maximum Gasteiger partial charge on any atom is 0.276 e. The van der Waals surface area contributed by atoms with Crippen LogP contribution in [-0.4, -0.2) is 20.2 Å². The Morgan fingerprint density at radius 1 is 1.44 bits per heavy atom. The lowest BCUT2D eigenvalue weighted by Gasteiger charge is -2.19. The fourth-order valence-corrected chi connectivity index (χ4v) is 2.00. The van der Waals surface area contributed by atoms with E-state index in [1.165, 1.54) is 0 Å². The molecule has 2 atom stereocenters. The molecule has 0 amide bonds. The summed E-state index contributed by atoms with van der Waals surface area (Å²) < 4.78 is 3.29. The van der Waals surface area contributed by atoms with Crippen molar-refractivity contribution in [2.75, 3.05) is 0 Å². The number of hydrogen-bond donors (Lipinski definition) is 1. The Hall–Kier alpha value is -1.62. The molecule has 0 saturated heterocycles. The van der Waals surface area contributed by atoms with Gasteiger partial charge in [-0.05, 0) is 18.9 Å². The van der Waals surface area contributed by atoms with Crippen LogP contribution in [0.3, 0.4) is 0 Å². The highest BCUT2D eigenvalue weighted by atomic mass is 16.1. The average Bonchev–Trinajstić information content (AvgIpc) is 2.73. The molecule has 2 heterocycles. The topological polar surface area (TPSA) is 65.3 Å². The van der Waals surface area contributed by atoms with Crippen molar-refractivity contribution < 1.29 is 0 Å². The molecule has 2 N–H and O–H groups in total. The third-order valence-corrected chi connectivity index (χ3v) is 3.51. The summed E-state index contributed by atoms with van der Waals surface area (Å²) in [5, 5.41) is 4.22. The first-order chi connectivity index (χ1) is 8.52. The summed E-state index contributed by atoms with van der Waals surface area (Å²) in [6.45, 7) is 6.64. The van der Waals surface area contributed by atoms with Crippen LogP contribution in [0.15, 0.2) is 23.3 Å². The van der Waals surface area contributed by atoms with E-state index in [1.807, 2.05) is 6.92 Å². The molecule has 5 heteroatoms. The van der Waals surface area contributed by atoms with Gasteiger partial charge in [-0.3, -0.25) is 4.79 Å². The minimum Gasteiger partial charge on any atom is -0.326 e. The molecule has 0 bridgehead atoms. The first-order valence-corrected chi connectivity index (χ1v) is 6.34. The van der Waals surface area contributed by atoms with E-state index in [2.05, 4.69) is 18.9 Å². The van der Waals surface area contributed by atoms with Gasteiger partial charge in [-0.1, -0.05) is 20.3 Å². The van der Waals surface area contributed by atoms with Crippen LogP contribution < -0.4 is 11.3 Å². The Bertz CT molecular complexity index is 599. The van der Waals surface area contributed by atoms with Gasteiger partial charge in [0, 0.05) is 25.0 Å². The standard InChI is InChI=1S/C13H20N4O/c1-4-9(2)11(14)8-16-5-6-17-12(13(16)18)7-10(3)15-17/h5-7,9,11H,4,8,14H2,1-3H3. The summed E-state index contributed by atoms with van der Waals surface area (Å²) in [6.07, 6.45) is 4.57. The van der Waals surface area contributed by atoms with E-state index in [1.54, 1.807) is 27.5 Å². The summed E-state index contributed by atoms with van der Waals surface area (Å²) in [4.78, 5) is 12.2. The van der Waals surface area contributed by atoms with Crippen LogP contribution in [0.1, 0.15) is 26.0 Å². The Morgan fingerprint density at radius 3 is 2.83 bits per heavy atom. The molecule has 0 aliphatic carbocycles. The summed E-state index contributed by atoms with van der Waals surface area (Å²) in [5.74, 6) is 0.403. The maximum atomic E-state index is 12.2. The molecule has 0 radical (unpaired) electrons. The molecule has 98 valence electrons. The second-order valence-corrected chi connectivity index (χ2v) is 4.92. The number of fused-ring (bicyclic) bond motifs is 1. The van der Waals surface area contributed by atoms with Gasteiger partial charge in [0.15, 0.2) is 0 Å². The molecule has 0 aromatic carbocycles. The Morgan fingerprint density at radius 2 is 2.17 bits per heavy atom. The second kappa shape index (κ2) is 4.94. The number of aromatic nitrogens is 3. The molecular formula is C13H20N4O. The predicted octanol–water partition coefficient (Wildman–Crippen LogP) is 1.18. The molecule has 2 unspecified atom stereocenters. The van der Waals surface area contributed by atoms with Gasteiger partial charge in [0.05, 0.1) is 5.69 Å². The highest BCUT2D eigenvalue weighted by molar-refractivity contribution is 5.44. The molecule has 0 spiro atoms. The molecule has 0 fully saturated rings. The SMILES string of the molecule is CCC(C)C(N)Cn1ccn2nc(C)cc2c1=O. The molecule has 5 nitrogen and oxygen atoms in total. The quantitative estimate of drug-likeness (QED) is 0.883. The van der Waals surface area contributed by atoms with E-state index in [0.717, 1.165) is 12.1 Å². The first kappa shape index (κ1) is 12.8. The van der Waals surface area contributed by atoms with Gasteiger partial charge in [-0.15, -0.1) is 0 Å². The summed E-state index contributed by atoms with van der Waals surface area (Å²) >= 11 is 0. The molecule has 0 aliphatic heterocycles. The highest BCUT2D eigenvalue weighted by Crippen LogP contribution is 2.07. The van der Waals surface area contributed by atoms with Crippen LogP contribution in [-0.2, 0) is 6.54 Å². The van der Waals surface area contributed by atoms with E-state index < -0.39 is 0 Å². The van der Waals surface area contributed by atoms with Gasteiger partial charge in [0.1, 0.15) is 5.52 Å². The van der Waals surface area contributed by atoms with Crippen molar-refractivity contribution in [1.29, 1.82) is 0 Å². The minimum absolute atomic E-state index is 0.000770. The van der Waals surface area contributed by atoms with Crippen LogP contribution in [0.4, 0.5) is 0 Å². The smallest absolute Gasteiger partial charge is 0.276 e. The average molecular weight is 248 g/mol. The van der Waals surface area contributed by atoms with Crippen molar-refractivity contribution in [3.8, 4) is 0 Å². The third-order valence-electron chi connectivity index (χ3n) is 3.51. The van der Waals surface area contributed by atoms with E-state index in [0.29, 0.717) is 18.0 Å². The zero-order valence-electron chi connectivity index (χ0n) is 11.1. The molecular weight excluding hydrogens is 228 g/mol. The van der Waals surface area contributed by atoms with E-state index in [9.17, 15) is 4.79 Å². The van der Waals surface area contributed by atoms with Crippen LogP contribution in [0.25, 0.3) is 5.52 Å². The van der Waals surface area contributed by atoms with Crippen molar-refractivity contribution in [1.82, 2.24) is 14.2 Å². The van der Waals surface area contributed by atoms with Crippen molar-refractivity contribution in [2.45, 2.75) is 39.8 Å². The zero-order valence-corrected chi connectivity index (χ0v) is 11.1. The third kappa shape index (κ3) is 2.31. The van der Waals surface area contributed by atoms with E-state index in [-0.39, 0.29) is 11.6 Å². The second-order valence-electron chi connectivity index (χ2n) is 4.92. The van der Waals surface area contributed by atoms with Crippen LogP contribution in [0, 0.1) is 12.8 Å². The lowest BCUT2D eigenvalue weighted by atomic mass is 10.0. The monoisotopic (exact) mass is 248 g/mol. The van der Waals surface area contributed by atoms with E-state index >= 15 is 0 Å². The van der Waals surface area contributed by atoms with Gasteiger partial charge in [0.25, 0.3) is 5.56 Å². The van der Waals surface area contributed by atoms with Gasteiger partial charge < -0.3 is 10.3 Å². The fraction of sp³-hybridized carbons (Fsp3) is 0.538. The molecule has 2 rings (SSSR count). The summed E-state index contributed by atoms with van der Waals surface area (Å²) in [6, 6.07) is 1.80. The summed E-state index contributed by atoms with van der Waals surface area (Å²) in [5.41, 5.74) is 7.51. The Labute approximate surface area is 106 Å². The highest BCUT2D eigenvalue weighted by Gasteiger charge is 2.13. The van der Waals surface area contributed by atoms with Crippen molar-refractivity contribution >= 4 is 5.52 Å². The predicted molar refractivity (Wildman–Crippen MR) is 71.6 cm³/mol. The Balaban J connectivity index is 2.34. The molecule has 2 aromatic heterocycles. The lowest BCUT2D eigenvalue weighted by molar-refractivity contribution is 0.392. The zero-order chi connectivity index (χ0) is 13.3. The largest absolute Gasteiger partial charge is 0.326 e. The number of nitrogens with zero attached hydrogens (tertiary/aromatic N) is 3. The van der Waals surface area contributed by atoms with Crippen LogP contribution in [0.5, 0.6) is 0 Å². The Kier molecular flexibility index (Phi) is 3.52. The van der Waals surface area contributed by atoms with Gasteiger partial charge in [-0.2, -0.15) is 5.10 Å². The molecule has 0 aliphatic rings. The van der Waals surface area contributed by atoms with Crippen molar-refractivity contribution in [3.05, 3.63) is 34.5 Å². The van der Waals surface area contributed by atoms with E-state index in [4.69, 9.17) is 5.73 Å². The van der Waals surface area contributed by atoms with Crippen molar-refractivity contribution in [2.24, 2.45) is 11.7 Å². The first-order valence-electron chi connectivity index (χ1n) is 6.34. The number of nitrogens with two attached hydrogens (primary N) is 1. The van der Waals surface area contributed by atoms with Crippen LogP contribution >= 0.6 is 0 Å². The molecule has 0 saturated carbocycles. The number of hydrogen-bond acceptors (Lipinski definition) is 3. The normalized spacial score (nSPS) is 14.9. The molecule has 18 heavy (non-hydrogen) atoms. The number of rotatable bonds is 4. The summed E-state index contributed by atoms with van der Waals surface area (Å²) in [7, 11) is 0. The van der Waals surface area contributed by atoms with Gasteiger partial charge >= 0.3 is 0 Å². The van der Waals surface area contributed by atoms with Crippen LogP contribution in [0.2, 0.25) is 0 Å². The molecule has 2 aromatic rings. The lowest BCUT2D eigenvalue weighted by Crippen LogP contribution is -2.36. The minimum atomic E-state index is -0.0307. The number of aryl methyl sites for hydroxylation is 1.